The van der Waals surface area contributed by atoms with Gasteiger partial charge in [0, 0.05) is 24.8 Å². The van der Waals surface area contributed by atoms with E-state index in [9.17, 15) is 9.59 Å². The molecular formula is C24H44Cl2N2O6. The van der Waals surface area contributed by atoms with E-state index in [4.69, 9.17) is 42.5 Å². The number of aliphatic hydroxyl groups excluding tert-OH is 1. The van der Waals surface area contributed by atoms with E-state index < -0.39 is 23.4 Å². The number of ether oxygens (including phenoxy) is 3. The normalized spacial score (nSPS) is 17.1. The Hall–Kier alpha value is -1.48. The molecule has 0 aromatic carbocycles. The summed E-state index contributed by atoms with van der Waals surface area (Å²) in [6.07, 6.45) is -1.32. The first-order chi connectivity index (χ1) is 15.4. The number of carbonyl (C=O) groups is 2. The predicted octanol–water partition coefficient (Wildman–Crippen LogP) is 5.11. The molecule has 1 fully saturated rings. The highest BCUT2D eigenvalue weighted by Gasteiger charge is 2.26. The maximum absolute atomic E-state index is 11.9. The monoisotopic (exact) mass is 526 g/mol. The average molecular weight is 528 g/mol. The van der Waals surface area contributed by atoms with Crippen LogP contribution in [0.4, 0.5) is 9.59 Å². The van der Waals surface area contributed by atoms with Gasteiger partial charge in [-0.25, -0.2) is 9.59 Å². The Bertz CT molecular complexity index is 636. The minimum atomic E-state index is -0.544. The average Bonchev–Trinajstić information content (AvgIpc) is 2.85. The summed E-state index contributed by atoms with van der Waals surface area (Å²) in [5, 5.41) is 11.3. The molecular weight excluding hydrogens is 483 g/mol. The van der Waals surface area contributed by atoms with Crippen molar-refractivity contribution < 1.29 is 28.9 Å². The van der Waals surface area contributed by atoms with E-state index in [1.54, 1.807) is 32.6 Å². The topological polar surface area (TPSA) is 97.3 Å². The van der Waals surface area contributed by atoms with Gasteiger partial charge in [0.2, 0.25) is 0 Å². The molecule has 8 nitrogen and oxygen atoms in total. The van der Waals surface area contributed by atoms with E-state index in [1.807, 2.05) is 27.7 Å². The van der Waals surface area contributed by atoms with Crippen LogP contribution in [-0.4, -0.2) is 83.6 Å². The van der Waals surface area contributed by atoms with Crippen molar-refractivity contribution in [2.75, 3.05) is 38.0 Å². The van der Waals surface area contributed by atoms with Crippen LogP contribution >= 0.6 is 23.2 Å². The molecule has 1 heterocycles. The minimum Gasteiger partial charge on any atom is -0.444 e. The SMILES string of the molecule is C=C(CCl)CCl.C=C1COC(C)CN(C(=O)OC(C)(C)C)C1.CC(O)CNC(=O)OC(C)(C)C. The van der Waals surface area contributed by atoms with Gasteiger partial charge in [0.15, 0.2) is 0 Å². The zero-order valence-corrected chi connectivity index (χ0v) is 23.5. The van der Waals surface area contributed by atoms with Gasteiger partial charge < -0.3 is 29.5 Å². The van der Waals surface area contributed by atoms with Crippen LogP contribution in [0.25, 0.3) is 0 Å². The van der Waals surface area contributed by atoms with Crippen LogP contribution in [-0.2, 0) is 14.2 Å². The second-order valence-electron chi connectivity index (χ2n) is 9.98. The largest absolute Gasteiger partial charge is 0.444 e. The van der Waals surface area contributed by atoms with E-state index in [0.717, 1.165) is 11.1 Å². The molecule has 10 heteroatoms. The van der Waals surface area contributed by atoms with Crippen LogP contribution in [0.5, 0.6) is 0 Å². The predicted molar refractivity (Wildman–Crippen MR) is 139 cm³/mol. The van der Waals surface area contributed by atoms with Gasteiger partial charge in [-0.2, -0.15) is 0 Å². The highest BCUT2D eigenvalue weighted by molar-refractivity contribution is 6.23. The molecule has 0 aromatic rings. The molecule has 0 aromatic heterocycles. The Morgan fingerprint density at radius 3 is 2.06 bits per heavy atom. The number of allylic oxidation sites excluding steroid dienone is 1. The molecule has 34 heavy (non-hydrogen) atoms. The van der Waals surface area contributed by atoms with Gasteiger partial charge in [-0.1, -0.05) is 13.2 Å². The standard InChI is InChI=1S/C12H21NO3.C8H17NO3.C4H6Cl2/c1-9-6-13(7-10(2)15-8-9)11(14)16-12(3,4)5;1-6(10)5-9-7(11)12-8(2,3)4;1-4(2-5)3-6/h10H,1,6-8H2,2-5H3;6,10H,5H2,1-4H3,(H,9,11);1-3H2. The van der Waals surface area contributed by atoms with Crippen molar-refractivity contribution in [3.8, 4) is 0 Å². The third-order valence-electron chi connectivity index (χ3n) is 3.43. The number of rotatable bonds is 4. The van der Waals surface area contributed by atoms with Crippen LogP contribution in [0.1, 0.15) is 55.4 Å². The first-order valence-electron chi connectivity index (χ1n) is 11.1. The maximum Gasteiger partial charge on any atom is 0.410 e. The molecule has 0 radical (unpaired) electrons. The second kappa shape index (κ2) is 17.0. The van der Waals surface area contributed by atoms with Gasteiger partial charge in [0.05, 0.1) is 25.4 Å². The Balaban J connectivity index is 0. The third-order valence-corrected chi connectivity index (χ3v) is 4.19. The fourth-order valence-corrected chi connectivity index (χ4v) is 2.34. The van der Waals surface area contributed by atoms with Crippen molar-refractivity contribution in [1.82, 2.24) is 10.2 Å². The lowest BCUT2D eigenvalue weighted by atomic mass is 10.2. The molecule has 1 aliphatic rings. The fourth-order valence-electron chi connectivity index (χ4n) is 2.05. The van der Waals surface area contributed by atoms with E-state index in [1.165, 1.54) is 0 Å². The summed E-state index contributed by atoms with van der Waals surface area (Å²) < 4.78 is 15.7. The number of halogens is 2. The number of amides is 2. The number of alkyl halides is 2. The summed E-state index contributed by atoms with van der Waals surface area (Å²) in [5.41, 5.74) is 0.825. The lowest BCUT2D eigenvalue weighted by Crippen LogP contribution is -2.40. The van der Waals surface area contributed by atoms with Crippen LogP contribution in [0.2, 0.25) is 0 Å². The maximum atomic E-state index is 11.9. The number of carbonyl (C=O) groups excluding carboxylic acids is 2. The lowest BCUT2D eigenvalue weighted by molar-refractivity contribution is 0.0171. The molecule has 0 spiro atoms. The number of nitrogens with one attached hydrogen (secondary N) is 1. The zero-order valence-electron chi connectivity index (χ0n) is 22.0. The number of nitrogens with zero attached hydrogens (tertiary/aromatic N) is 1. The van der Waals surface area contributed by atoms with E-state index >= 15 is 0 Å². The smallest absolute Gasteiger partial charge is 0.410 e. The second-order valence-corrected chi connectivity index (χ2v) is 10.5. The molecule has 200 valence electrons. The van der Waals surface area contributed by atoms with Crippen molar-refractivity contribution in [2.45, 2.75) is 78.8 Å². The molecule has 2 unspecified atom stereocenters. The van der Waals surface area contributed by atoms with Crippen molar-refractivity contribution in [3.05, 3.63) is 24.3 Å². The first-order valence-corrected chi connectivity index (χ1v) is 12.2. The number of aliphatic hydroxyl groups is 1. The molecule has 2 N–H and O–H groups in total. The molecule has 1 aliphatic heterocycles. The fraction of sp³-hybridized carbons (Fsp3) is 0.750. The van der Waals surface area contributed by atoms with Gasteiger partial charge in [0.25, 0.3) is 0 Å². The highest BCUT2D eigenvalue weighted by atomic mass is 35.5. The molecule has 0 bridgehead atoms. The van der Waals surface area contributed by atoms with Gasteiger partial charge in [-0.15, -0.1) is 23.2 Å². The highest BCUT2D eigenvalue weighted by Crippen LogP contribution is 2.14. The van der Waals surface area contributed by atoms with Gasteiger partial charge in [-0.05, 0) is 66.5 Å². The molecule has 0 aliphatic carbocycles. The Kier molecular flexibility index (Phi) is 17.4. The first kappa shape index (κ1) is 34.7. The summed E-state index contributed by atoms with van der Waals surface area (Å²) in [4.78, 5) is 24.4. The van der Waals surface area contributed by atoms with Crippen molar-refractivity contribution in [1.29, 1.82) is 0 Å². The van der Waals surface area contributed by atoms with Crippen molar-refractivity contribution in [3.63, 3.8) is 0 Å². The Labute approximate surface area is 215 Å². The molecule has 2 atom stereocenters. The van der Waals surface area contributed by atoms with Gasteiger partial charge in [0.1, 0.15) is 11.2 Å². The lowest BCUT2D eigenvalue weighted by Gasteiger charge is -2.27. The summed E-state index contributed by atoms with van der Waals surface area (Å²) in [7, 11) is 0. The van der Waals surface area contributed by atoms with Gasteiger partial charge in [-0.3, -0.25) is 0 Å². The summed E-state index contributed by atoms with van der Waals surface area (Å²) in [6.45, 7) is 23.7. The van der Waals surface area contributed by atoms with E-state index in [2.05, 4.69) is 18.5 Å². The number of hydrogen-bond acceptors (Lipinski definition) is 6. The van der Waals surface area contributed by atoms with Gasteiger partial charge >= 0.3 is 12.2 Å². The molecule has 1 rings (SSSR count). The quantitative estimate of drug-likeness (QED) is 0.390. The van der Waals surface area contributed by atoms with E-state index in [-0.39, 0.29) is 18.7 Å². The Morgan fingerprint density at radius 1 is 1.18 bits per heavy atom. The third kappa shape index (κ3) is 22.3. The minimum absolute atomic E-state index is 0.0202. The number of hydrogen-bond donors (Lipinski definition) is 2. The van der Waals surface area contributed by atoms with Crippen molar-refractivity contribution in [2.24, 2.45) is 0 Å². The van der Waals surface area contributed by atoms with Crippen LogP contribution < -0.4 is 5.32 Å². The van der Waals surface area contributed by atoms with Crippen LogP contribution in [0.15, 0.2) is 24.3 Å². The number of alkyl carbamates (subject to hydrolysis) is 1. The summed E-state index contributed by atoms with van der Waals surface area (Å²) >= 11 is 10.5. The zero-order chi connectivity index (χ0) is 27.1. The van der Waals surface area contributed by atoms with Crippen LogP contribution in [0.3, 0.4) is 0 Å². The molecule has 0 saturated carbocycles. The van der Waals surface area contributed by atoms with Crippen molar-refractivity contribution >= 4 is 35.4 Å². The van der Waals surface area contributed by atoms with Crippen LogP contribution in [0, 0.1) is 0 Å². The molecule has 1 saturated heterocycles. The molecule has 2 amide bonds. The summed E-state index contributed by atoms with van der Waals surface area (Å²) in [6, 6.07) is 0. The van der Waals surface area contributed by atoms with E-state index in [0.29, 0.717) is 31.5 Å². The Morgan fingerprint density at radius 2 is 1.68 bits per heavy atom. The summed E-state index contributed by atoms with van der Waals surface area (Å²) in [5.74, 6) is 0.951.